The summed E-state index contributed by atoms with van der Waals surface area (Å²) in [5, 5.41) is 3.57. The number of halogens is 1. The van der Waals surface area contributed by atoms with Gasteiger partial charge in [0.15, 0.2) is 0 Å². The van der Waals surface area contributed by atoms with Crippen LogP contribution in [-0.2, 0) is 4.79 Å². The summed E-state index contributed by atoms with van der Waals surface area (Å²) in [5.41, 5.74) is 0.739. The maximum absolute atomic E-state index is 12.1. The van der Waals surface area contributed by atoms with Crippen LogP contribution in [0, 0.1) is 17.8 Å². The largest absolute Gasteiger partial charge is 0.325 e. The molecule has 1 aromatic carbocycles. The average molecular weight is 250 g/mol. The topological polar surface area (TPSA) is 29.1 Å². The Balaban J connectivity index is 1.67. The van der Waals surface area contributed by atoms with Gasteiger partial charge in [-0.1, -0.05) is 36.6 Å². The summed E-state index contributed by atoms with van der Waals surface area (Å²) in [6.07, 6.45) is 5.03. The third kappa shape index (κ3) is 2.06. The summed E-state index contributed by atoms with van der Waals surface area (Å²) < 4.78 is 0. The summed E-state index contributed by atoms with van der Waals surface area (Å²) in [5.74, 6) is 1.70. The van der Waals surface area contributed by atoms with Crippen molar-refractivity contribution in [1.82, 2.24) is 0 Å². The van der Waals surface area contributed by atoms with Gasteiger partial charge < -0.3 is 5.32 Å². The number of hydrogen-bond donors (Lipinski definition) is 1. The van der Waals surface area contributed by atoms with Crippen molar-refractivity contribution in [2.45, 2.75) is 25.7 Å². The highest BCUT2D eigenvalue weighted by Crippen LogP contribution is 2.55. The second-order valence-corrected chi connectivity index (χ2v) is 5.51. The lowest BCUT2D eigenvalue weighted by Gasteiger charge is -2.06. The molecule has 2 aliphatic carbocycles. The zero-order valence-corrected chi connectivity index (χ0v) is 10.4. The highest BCUT2D eigenvalue weighted by molar-refractivity contribution is 6.33. The number of fused-ring (bicyclic) bond motifs is 1. The van der Waals surface area contributed by atoms with Gasteiger partial charge in [-0.3, -0.25) is 4.79 Å². The van der Waals surface area contributed by atoms with Crippen molar-refractivity contribution in [3.8, 4) is 0 Å². The van der Waals surface area contributed by atoms with Crippen molar-refractivity contribution in [3.05, 3.63) is 29.3 Å². The summed E-state index contributed by atoms with van der Waals surface area (Å²) in [7, 11) is 0. The molecule has 0 heterocycles. The molecule has 0 radical (unpaired) electrons. The molecular formula is C14H16ClNO. The van der Waals surface area contributed by atoms with Crippen LogP contribution in [0.4, 0.5) is 5.69 Å². The van der Waals surface area contributed by atoms with E-state index in [0.717, 1.165) is 5.69 Å². The van der Waals surface area contributed by atoms with Crippen LogP contribution in [0.3, 0.4) is 0 Å². The fraction of sp³-hybridized carbons (Fsp3) is 0.500. The van der Waals surface area contributed by atoms with Gasteiger partial charge in [0.2, 0.25) is 5.91 Å². The number of hydrogen-bond acceptors (Lipinski definition) is 1. The molecule has 3 heteroatoms. The molecule has 17 heavy (non-hydrogen) atoms. The van der Waals surface area contributed by atoms with Crippen LogP contribution in [0.15, 0.2) is 24.3 Å². The Morgan fingerprint density at radius 1 is 1.18 bits per heavy atom. The zero-order chi connectivity index (χ0) is 11.8. The molecule has 2 nitrogen and oxygen atoms in total. The lowest BCUT2D eigenvalue weighted by Crippen LogP contribution is -2.15. The first-order valence-corrected chi connectivity index (χ1v) is 6.70. The molecule has 2 saturated carbocycles. The first kappa shape index (κ1) is 11.1. The van der Waals surface area contributed by atoms with Crippen molar-refractivity contribution in [2.75, 3.05) is 5.32 Å². The number of nitrogens with one attached hydrogen (secondary N) is 1. The number of benzene rings is 1. The minimum absolute atomic E-state index is 0.162. The lowest BCUT2D eigenvalue weighted by atomic mass is 10.0. The molecule has 3 atom stereocenters. The van der Waals surface area contributed by atoms with E-state index in [1.165, 1.54) is 25.7 Å². The number of carbonyl (C=O) groups excluding carboxylic acids is 1. The second kappa shape index (κ2) is 4.34. The quantitative estimate of drug-likeness (QED) is 0.851. The Morgan fingerprint density at radius 2 is 1.82 bits per heavy atom. The van der Waals surface area contributed by atoms with Gasteiger partial charge in [0, 0.05) is 5.92 Å². The highest BCUT2D eigenvalue weighted by atomic mass is 35.5. The Hall–Kier alpha value is -1.02. The summed E-state index contributed by atoms with van der Waals surface area (Å²) in [6, 6.07) is 7.42. The predicted molar refractivity (Wildman–Crippen MR) is 69.0 cm³/mol. The third-order valence-corrected chi connectivity index (χ3v) is 4.42. The number of carbonyl (C=O) groups is 1. The van der Waals surface area contributed by atoms with Gasteiger partial charge in [0.05, 0.1) is 10.7 Å². The van der Waals surface area contributed by atoms with E-state index >= 15 is 0 Å². The first-order chi connectivity index (χ1) is 8.27. The zero-order valence-electron chi connectivity index (χ0n) is 9.66. The van der Waals surface area contributed by atoms with Crippen LogP contribution in [-0.4, -0.2) is 5.91 Å². The minimum Gasteiger partial charge on any atom is -0.325 e. The average Bonchev–Trinajstić information content (AvgIpc) is 3.06. The number of amides is 1. The van der Waals surface area contributed by atoms with E-state index < -0.39 is 0 Å². The van der Waals surface area contributed by atoms with E-state index in [4.69, 9.17) is 11.6 Å². The van der Waals surface area contributed by atoms with Gasteiger partial charge in [-0.15, -0.1) is 0 Å². The van der Waals surface area contributed by atoms with Gasteiger partial charge in [-0.05, 0) is 36.8 Å². The SMILES string of the molecule is O=C(Nc1ccccc1Cl)C1[C@H]2CCCC[C@@H]12. The van der Waals surface area contributed by atoms with Gasteiger partial charge in [-0.2, -0.15) is 0 Å². The Kier molecular flexibility index (Phi) is 2.83. The fourth-order valence-corrected chi connectivity index (χ4v) is 3.34. The number of rotatable bonds is 2. The Bertz CT molecular complexity index is 434. The van der Waals surface area contributed by atoms with Gasteiger partial charge >= 0.3 is 0 Å². The van der Waals surface area contributed by atoms with Gasteiger partial charge in [0.1, 0.15) is 0 Å². The van der Waals surface area contributed by atoms with E-state index in [-0.39, 0.29) is 11.8 Å². The maximum Gasteiger partial charge on any atom is 0.228 e. The van der Waals surface area contributed by atoms with Crippen molar-refractivity contribution >= 4 is 23.2 Å². The van der Waals surface area contributed by atoms with E-state index in [9.17, 15) is 4.79 Å². The Morgan fingerprint density at radius 3 is 2.47 bits per heavy atom. The molecule has 1 N–H and O–H groups in total. The normalized spacial score (nSPS) is 30.5. The molecule has 2 fully saturated rings. The van der Waals surface area contributed by atoms with Crippen molar-refractivity contribution in [2.24, 2.45) is 17.8 Å². The minimum atomic E-state index is 0.162. The monoisotopic (exact) mass is 249 g/mol. The van der Waals surface area contributed by atoms with Gasteiger partial charge in [0.25, 0.3) is 0 Å². The summed E-state index contributed by atoms with van der Waals surface area (Å²) >= 11 is 6.03. The molecule has 0 bridgehead atoms. The van der Waals surface area contributed by atoms with Crippen LogP contribution in [0.2, 0.25) is 5.02 Å². The van der Waals surface area contributed by atoms with E-state index in [1.807, 2.05) is 18.2 Å². The third-order valence-electron chi connectivity index (χ3n) is 4.09. The summed E-state index contributed by atoms with van der Waals surface area (Å²) in [6.45, 7) is 0. The molecule has 2 aliphatic rings. The molecule has 0 aliphatic heterocycles. The highest BCUT2D eigenvalue weighted by Gasteiger charge is 2.54. The summed E-state index contributed by atoms with van der Waals surface area (Å²) in [4.78, 5) is 12.1. The molecule has 3 rings (SSSR count). The number of para-hydroxylation sites is 1. The molecule has 1 unspecified atom stereocenters. The lowest BCUT2D eigenvalue weighted by molar-refractivity contribution is -0.117. The molecular weight excluding hydrogens is 234 g/mol. The van der Waals surface area contributed by atoms with Crippen LogP contribution in [0.1, 0.15) is 25.7 Å². The molecule has 0 spiro atoms. The standard InChI is InChI=1S/C14H16ClNO/c15-11-7-3-4-8-12(11)16-14(17)13-9-5-1-2-6-10(9)13/h3-4,7-10,13H,1-2,5-6H2,(H,16,17)/t9-,10+,13?. The molecule has 1 amide bonds. The van der Waals surface area contributed by atoms with Gasteiger partial charge in [-0.25, -0.2) is 0 Å². The van der Waals surface area contributed by atoms with E-state index in [2.05, 4.69) is 5.32 Å². The molecule has 90 valence electrons. The molecule has 1 aromatic rings. The van der Waals surface area contributed by atoms with E-state index in [1.54, 1.807) is 6.07 Å². The van der Waals surface area contributed by atoms with E-state index in [0.29, 0.717) is 16.9 Å². The van der Waals surface area contributed by atoms with Crippen LogP contribution in [0.25, 0.3) is 0 Å². The van der Waals surface area contributed by atoms with Crippen molar-refractivity contribution < 1.29 is 4.79 Å². The van der Waals surface area contributed by atoms with Crippen LogP contribution >= 0.6 is 11.6 Å². The molecule has 0 aromatic heterocycles. The van der Waals surface area contributed by atoms with Crippen LogP contribution in [0.5, 0.6) is 0 Å². The Labute approximate surface area is 106 Å². The second-order valence-electron chi connectivity index (χ2n) is 5.11. The fourth-order valence-electron chi connectivity index (χ4n) is 3.16. The molecule has 0 saturated heterocycles. The maximum atomic E-state index is 12.1. The van der Waals surface area contributed by atoms with Crippen molar-refractivity contribution in [1.29, 1.82) is 0 Å². The van der Waals surface area contributed by atoms with Crippen LogP contribution < -0.4 is 5.32 Å². The predicted octanol–water partition coefficient (Wildman–Crippen LogP) is 3.71. The first-order valence-electron chi connectivity index (χ1n) is 6.33. The number of anilines is 1. The van der Waals surface area contributed by atoms with Crippen molar-refractivity contribution in [3.63, 3.8) is 0 Å². The smallest absolute Gasteiger partial charge is 0.228 e.